The molecule has 1 unspecified atom stereocenters. The Morgan fingerprint density at radius 2 is 2.04 bits per heavy atom. The molecule has 1 saturated heterocycles. The van der Waals surface area contributed by atoms with Gasteiger partial charge in [-0.2, -0.15) is 0 Å². The maximum absolute atomic E-state index is 5.94. The number of anilines is 1. The van der Waals surface area contributed by atoms with Crippen molar-refractivity contribution >= 4 is 32.5 Å². The summed E-state index contributed by atoms with van der Waals surface area (Å²) in [5.74, 6) is 2.43. The number of fused-ring (bicyclic) bond motifs is 3. The molecule has 0 spiro atoms. The number of hydrogen-bond donors (Lipinski definition) is 0. The van der Waals surface area contributed by atoms with Crippen LogP contribution in [0.1, 0.15) is 26.2 Å². The fourth-order valence-electron chi connectivity index (χ4n) is 3.94. The largest absolute Gasteiger partial charge is 0.360 e. The Labute approximate surface area is 163 Å². The van der Waals surface area contributed by atoms with Crippen molar-refractivity contribution < 1.29 is 4.74 Å². The van der Waals surface area contributed by atoms with Crippen LogP contribution in [0.4, 0.5) is 5.82 Å². The van der Waals surface area contributed by atoms with E-state index in [1.165, 1.54) is 25.1 Å². The van der Waals surface area contributed by atoms with E-state index in [0.717, 1.165) is 35.6 Å². The summed E-state index contributed by atoms with van der Waals surface area (Å²) in [5.41, 5.74) is 3.31. The van der Waals surface area contributed by atoms with Crippen LogP contribution < -0.4 is 4.90 Å². The van der Waals surface area contributed by atoms with Crippen molar-refractivity contribution in [2.24, 2.45) is 0 Å². The van der Waals surface area contributed by atoms with E-state index >= 15 is 0 Å². The zero-order chi connectivity index (χ0) is 19.0. The highest BCUT2D eigenvalue weighted by Crippen LogP contribution is 2.33. The first-order chi connectivity index (χ1) is 12.9. The van der Waals surface area contributed by atoms with Crippen molar-refractivity contribution in [3.8, 4) is 0 Å². The lowest BCUT2D eigenvalue weighted by atomic mass is 10.0. The molecule has 0 N–H and O–H groups in total. The highest BCUT2D eigenvalue weighted by Gasteiger charge is 2.22. The molecule has 0 radical (unpaired) electrons. The minimum Gasteiger partial charge on any atom is -0.360 e. The van der Waals surface area contributed by atoms with Crippen molar-refractivity contribution in [1.82, 2.24) is 14.0 Å². The van der Waals surface area contributed by atoms with Gasteiger partial charge in [-0.1, -0.05) is 0 Å². The van der Waals surface area contributed by atoms with Crippen LogP contribution in [0.5, 0.6) is 0 Å². The molecule has 1 aliphatic heterocycles. The SMILES string of the molecule is CC1CCCCN1c1ccc2cnc3c(ccn3COCCS(C)(C)C)n12. The molecule has 1 atom stereocenters. The lowest BCUT2D eigenvalue weighted by Crippen LogP contribution is -2.38. The maximum Gasteiger partial charge on any atom is 0.158 e. The van der Waals surface area contributed by atoms with Gasteiger partial charge in [-0.25, -0.2) is 15.0 Å². The standard InChI is InChI=1S/C21H32N4OS/c1-17-7-5-6-11-24(17)20-9-8-18-15-22-21-19(25(18)20)10-12-23(21)16-26-13-14-27(2,3)4/h8-10,12,15,17H,5-7,11,13-14,16H2,1-4H3. The van der Waals surface area contributed by atoms with Gasteiger partial charge in [-0.15, -0.1) is 0 Å². The molecule has 0 amide bonds. The third-order valence-corrected chi connectivity index (χ3v) is 6.92. The Bertz CT molecular complexity index is 923. The molecule has 0 aliphatic carbocycles. The van der Waals surface area contributed by atoms with Gasteiger partial charge in [0.2, 0.25) is 0 Å². The van der Waals surface area contributed by atoms with Crippen molar-refractivity contribution in [1.29, 1.82) is 0 Å². The smallest absolute Gasteiger partial charge is 0.158 e. The second-order valence-corrected chi connectivity index (χ2v) is 13.2. The second-order valence-electron chi connectivity index (χ2n) is 8.57. The first-order valence-electron chi connectivity index (χ1n) is 9.90. The number of rotatable bonds is 6. The molecule has 0 bridgehead atoms. The topological polar surface area (TPSA) is 34.7 Å². The van der Waals surface area contributed by atoms with Crippen LogP contribution in [-0.2, 0) is 11.5 Å². The zero-order valence-corrected chi connectivity index (χ0v) is 17.8. The molecule has 1 aliphatic rings. The van der Waals surface area contributed by atoms with E-state index in [9.17, 15) is 0 Å². The second kappa shape index (κ2) is 7.40. The quantitative estimate of drug-likeness (QED) is 0.589. The molecular weight excluding hydrogens is 356 g/mol. The fraction of sp³-hybridized carbons (Fsp3) is 0.571. The van der Waals surface area contributed by atoms with E-state index in [0.29, 0.717) is 12.8 Å². The van der Waals surface area contributed by atoms with Gasteiger partial charge in [0.15, 0.2) is 5.65 Å². The molecule has 5 nitrogen and oxygen atoms in total. The molecular formula is C21H32N4OS. The average Bonchev–Trinajstić information content (AvgIpc) is 3.22. The molecule has 148 valence electrons. The third kappa shape index (κ3) is 3.83. The van der Waals surface area contributed by atoms with E-state index in [2.05, 4.69) is 64.0 Å². The molecule has 4 heterocycles. The first-order valence-corrected chi connectivity index (χ1v) is 12.9. The zero-order valence-electron chi connectivity index (χ0n) is 17.0. The number of nitrogens with zero attached hydrogens (tertiary/aromatic N) is 4. The van der Waals surface area contributed by atoms with Gasteiger partial charge in [0.05, 0.1) is 23.8 Å². The summed E-state index contributed by atoms with van der Waals surface area (Å²) in [6.07, 6.45) is 14.9. The van der Waals surface area contributed by atoms with Gasteiger partial charge in [-0.3, -0.25) is 4.40 Å². The fourth-order valence-corrected chi connectivity index (χ4v) is 4.56. The first kappa shape index (κ1) is 18.7. The molecule has 27 heavy (non-hydrogen) atoms. The summed E-state index contributed by atoms with van der Waals surface area (Å²) in [6.45, 7) is 4.85. The van der Waals surface area contributed by atoms with Gasteiger partial charge in [0.1, 0.15) is 12.5 Å². The van der Waals surface area contributed by atoms with Crippen LogP contribution in [0.15, 0.2) is 30.6 Å². The monoisotopic (exact) mass is 388 g/mol. The van der Waals surface area contributed by atoms with Gasteiger partial charge in [-0.05, 0) is 63.2 Å². The molecule has 0 saturated carbocycles. The number of aromatic nitrogens is 3. The van der Waals surface area contributed by atoms with Crippen LogP contribution in [0.2, 0.25) is 0 Å². The highest BCUT2D eigenvalue weighted by molar-refractivity contribution is 8.32. The molecule has 6 heteroatoms. The number of hydrogen-bond acceptors (Lipinski definition) is 3. The lowest BCUT2D eigenvalue weighted by molar-refractivity contribution is 0.0923. The Hall–Kier alpha value is -1.66. The molecule has 1 fully saturated rings. The van der Waals surface area contributed by atoms with Gasteiger partial charge in [0, 0.05) is 24.5 Å². The van der Waals surface area contributed by atoms with Crippen LogP contribution in [0.25, 0.3) is 16.7 Å². The molecule has 3 aromatic rings. The predicted molar refractivity (Wildman–Crippen MR) is 118 cm³/mol. The van der Waals surface area contributed by atoms with Crippen molar-refractivity contribution in [3.05, 3.63) is 30.6 Å². The predicted octanol–water partition coefficient (Wildman–Crippen LogP) is 4.34. The summed E-state index contributed by atoms with van der Waals surface area (Å²) in [7, 11) is -0.512. The van der Waals surface area contributed by atoms with Crippen LogP contribution in [0, 0.1) is 0 Å². The summed E-state index contributed by atoms with van der Waals surface area (Å²) in [6, 6.07) is 7.19. The third-order valence-electron chi connectivity index (χ3n) is 5.53. The van der Waals surface area contributed by atoms with Gasteiger partial charge < -0.3 is 14.2 Å². The van der Waals surface area contributed by atoms with Crippen molar-refractivity contribution in [2.45, 2.75) is 39.0 Å². The Morgan fingerprint density at radius 1 is 1.19 bits per heavy atom. The Kier molecular flexibility index (Phi) is 5.12. The molecule has 3 aromatic heterocycles. The van der Waals surface area contributed by atoms with Gasteiger partial charge in [0.25, 0.3) is 0 Å². The Balaban J connectivity index is 1.62. The summed E-state index contributed by atoms with van der Waals surface area (Å²) in [4.78, 5) is 7.27. The number of ether oxygens (including phenoxy) is 1. The minimum atomic E-state index is -0.512. The normalized spacial score (nSPS) is 19.3. The highest BCUT2D eigenvalue weighted by atomic mass is 32.3. The van der Waals surface area contributed by atoms with Crippen molar-refractivity contribution in [2.75, 3.05) is 42.6 Å². The van der Waals surface area contributed by atoms with E-state index in [1.807, 2.05) is 6.20 Å². The van der Waals surface area contributed by atoms with E-state index in [1.54, 1.807) is 0 Å². The molecule has 4 rings (SSSR count). The minimum absolute atomic E-state index is 0.512. The van der Waals surface area contributed by atoms with Crippen LogP contribution >= 0.6 is 10.0 Å². The van der Waals surface area contributed by atoms with Crippen molar-refractivity contribution in [3.63, 3.8) is 0 Å². The summed E-state index contributed by atoms with van der Waals surface area (Å²) >= 11 is 0. The van der Waals surface area contributed by atoms with E-state index in [4.69, 9.17) is 9.72 Å². The van der Waals surface area contributed by atoms with Crippen LogP contribution in [0.3, 0.4) is 0 Å². The molecule has 0 aromatic carbocycles. The van der Waals surface area contributed by atoms with E-state index in [-0.39, 0.29) is 0 Å². The Morgan fingerprint density at radius 3 is 2.81 bits per heavy atom. The van der Waals surface area contributed by atoms with Crippen LogP contribution in [-0.4, -0.2) is 57.7 Å². The van der Waals surface area contributed by atoms with E-state index < -0.39 is 10.0 Å². The van der Waals surface area contributed by atoms with Gasteiger partial charge >= 0.3 is 0 Å². The average molecular weight is 389 g/mol. The lowest BCUT2D eigenvalue weighted by Gasteiger charge is -2.35. The summed E-state index contributed by atoms with van der Waals surface area (Å²) in [5, 5.41) is 0. The maximum atomic E-state index is 5.94. The summed E-state index contributed by atoms with van der Waals surface area (Å²) < 4.78 is 10.4. The number of piperidine rings is 1.